The normalized spacial score (nSPS) is 10.9. The first-order valence-electron chi connectivity index (χ1n) is 9.74. The molecule has 0 aliphatic carbocycles. The molecule has 0 aliphatic rings. The van der Waals surface area contributed by atoms with Gasteiger partial charge in [-0.3, -0.25) is 4.79 Å². The minimum absolute atomic E-state index is 0.163. The van der Waals surface area contributed by atoms with Crippen LogP contribution in [0, 0.1) is 5.82 Å². The Morgan fingerprint density at radius 3 is 2.71 bits per heavy atom. The molecule has 0 aliphatic heterocycles. The monoisotopic (exact) mass is 436 g/mol. The average molecular weight is 437 g/mol. The molecule has 7 heteroatoms. The molecule has 158 valence electrons. The summed E-state index contributed by atoms with van der Waals surface area (Å²) in [4.78, 5) is 17.5. The maximum Gasteiger partial charge on any atom is 0.262 e. The number of hydrogen-bond donors (Lipinski definition) is 1. The Balaban J connectivity index is 1.45. The smallest absolute Gasteiger partial charge is 0.262 e. The predicted molar refractivity (Wildman–Crippen MR) is 119 cm³/mol. The third-order valence-electron chi connectivity index (χ3n) is 4.74. The fourth-order valence-corrected chi connectivity index (χ4v) is 4.40. The second-order valence-corrected chi connectivity index (χ2v) is 7.97. The number of halogens is 1. The molecule has 1 N–H and O–H groups in total. The number of pyridine rings is 1. The Kier molecular flexibility index (Phi) is 6.54. The van der Waals surface area contributed by atoms with Crippen molar-refractivity contribution in [3.63, 3.8) is 0 Å². The molecule has 2 heterocycles. The molecule has 31 heavy (non-hydrogen) atoms. The number of methoxy groups -OCH3 is 1. The van der Waals surface area contributed by atoms with E-state index in [1.807, 2.05) is 36.4 Å². The zero-order chi connectivity index (χ0) is 21.6. The van der Waals surface area contributed by atoms with Gasteiger partial charge in [0.1, 0.15) is 12.4 Å². The Morgan fingerprint density at radius 2 is 1.90 bits per heavy atom. The van der Waals surface area contributed by atoms with Crippen molar-refractivity contribution in [2.75, 3.05) is 7.11 Å². The summed E-state index contributed by atoms with van der Waals surface area (Å²) in [6, 6.07) is 18.3. The molecule has 4 rings (SSSR count). The lowest BCUT2D eigenvalue weighted by atomic mass is 10.1. The summed E-state index contributed by atoms with van der Waals surface area (Å²) >= 11 is 1.26. The standard InChI is InChI=1S/C24H21FN2O3S/c1-29-15-18-22-19(25)8-5-9-20(22)31-23(18)24(28)27-13-17-10-11-26-21(12-17)30-14-16-6-3-2-4-7-16/h2-12H,13-15H2,1H3,(H,27,28). The minimum Gasteiger partial charge on any atom is -0.473 e. The van der Waals surface area contributed by atoms with Crippen LogP contribution in [0.25, 0.3) is 10.1 Å². The van der Waals surface area contributed by atoms with Crippen molar-refractivity contribution in [3.8, 4) is 5.88 Å². The lowest BCUT2D eigenvalue weighted by Gasteiger charge is -2.09. The summed E-state index contributed by atoms with van der Waals surface area (Å²) < 4.78 is 26.0. The number of thiophene rings is 1. The van der Waals surface area contributed by atoms with Crippen LogP contribution in [0.5, 0.6) is 5.88 Å². The predicted octanol–water partition coefficient (Wildman–Crippen LogP) is 5.09. The van der Waals surface area contributed by atoms with Crippen molar-refractivity contribution >= 4 is 27.3 Å². The Hall–Kier alpha value is -3.29. The number of amides is 1. The van der Waals surface area contributed by atoms with Gasteiger partial charge in [0.15, 0.2) is 0 Å². The third kappa shape index (κ3) is 4.90. The lowest BCUT2D eigenvalue weighted by molar-refractivity contribution is 0.0950. The van der Waals surface area contributed by atoms with Crippen molar-refractivity contribution in [1.82, 2.24) is 10.3 Å². The van der Waals surface area contributed by atoms with E-state index < -0.39 is 0 Å². The molecule has 2 aromatic heterocycles. The van der Waals surface area contributed by atoms with Crippen LogP contribution in [0.2, 0.25) is 0 Å². The van der Waals surface area contributed by atoms with E-state index in [1.54, 1.807) is 24.4 Å². The van der Waals surface area contributed by atoms with E-state index in [2.05, 4.69) is 10.3 Å². The molecule has 2 aromatic carbocycles. The van der Waals surface area contributed by atoms with Gasteiger partial charge >= 0.3 is 0 Å². The summed E-state index contributed by atoms with van der Waals surface area (Å²) in [7, 11) is 1.53. The van der Waals surface area contributed by atoms with Crippen LogP contribution in [-0.4, -0.2) is 18.0 Å². The molecule has 0 bridgehead atoms. The number of nitrogens with one attached hydrogen (secondary N) is 1. The van der Waals surface area contributed by atoms with E-state index in [1.165, 1.54) is 24.5 Å². The third-order valence-corrected chi connectivity index (χ3v) is 5.94. The van der Waals surface area contributed by atoms with Gasteiger partial charge in [-0.05, 0) is 29.3 Å². The first-order valence-corrected chi connectivity index (χ1v) is 10.6. The van der Waals surface area contributed by atoms with Crippen LogP contribution in [0.1, 0.15) is 26.4 Å². The maximum absolute atomic E-state index is 14.3. The fourth-order valence-electron chi connectivity index (χ4n) is 3.27. The number of fused-ring (bicyclic) bond motifs is 1. The molecule has 4 aromatic rings. The van der Waals surface area contributed by atoms with E-state index in [0.717, 1.165) is 15.8 Å². The van der Waals surface area contributed by atoms with Crippen LogP contribution >= 0.6 is 11.3 Å². The highest BCUT2D eigenvalue weighted by molar-refractivity contribution is 7.21. The van der Waals surface area contributed by atoms with Gasteiger partial charge < -0.3 is 14.8 Å². The number of rotatable bonds is 8. The van der Waals surface area contributed by atoms with Crippen molar-refractivity contribution < 1.29 is 18.7 Å². The van der Waals surface area contributed by atoms with Gasteiger partial charge in [-0.2, -0.15) is 0 Å². The quantitative estimate of drug-likeness (QED) is 0.418. The maximum atomic E-state index is 14.3. The minimum atomic E-state index is -0.353. The van der Waals surface area contributed by atoms with Gasteiger partial charge in [0.25, 0.3) is 5.91 Å². The highest BCUT2D eigenvalue weighted by atomic mass is 32.1. The molecule has 1 amide bonds. The first-order chi connectivity index (χ1) is 15.2. The molecular weight excluding hydrogens is 415 g/mol. The zero-order valence-corrected chi connectivity index (χ0v) is 17.7. The highest BCUT2D eigenvalue weighted by Gasteiger charge is 2.20. The topological polar surface area (TPSA) is 60.5 Å². The second kappa shape index (κ2) is 9.68. The first kappa shape index (κ1) is 21.0. The Bertz CT molecular complexity index is 1190. The molecule has 0 radical (unpaired) electrons. The van der Waals surface area contributed by atoms with Crippen LogP contribution in [0.4, 0.5) is 4.39 Å². The van der Waals surface area contributed by atoms with Crippen LogP contribution in [-0.2, 0) is 24.5 Å². The number of ether oxygens (including phenoxy) is 2. The van der Waals surface area contributed by atoms with Gasteiger partial charge in [-0.15, -0.1) is 11.3 Å². The SMILES string of the molecule is COCc1c(C(=O)NCc2ccnc(OCc3ccccc3)c2)sc2cccc(F)c12. The Morgan fingerprint density at radius 1 is 1.06 bits per heavy atom. The fraction of sp³-hybridized carbons (Fsp3) is 0.167. The summed E-state index contributed by atoms with van der Waals surface area (Å²) in [6.45, 7) is 0.875. The highest BCUT2D eigenvalue weighted by Crippen LogP contribution is 2.33. The van der Waals surface area contributed by atoms with Gasteiger partial charge in [0.2, 0.25) is 5.88 Å². The van der Waals surface area contributed by atoms with E-state index >= 15 is 0 Å². The number of hydrogen-bond acceptors (Lipinski definition) is 5. The average Bonchev–Trinajstić information content (AvgIpc) is 3.17. The molecule has 0 saturated heterocycles. The zero-order valence-electron chi connectivity index (χ0n) is 16.9. The van der Waals surface area contributed by atoms with Crippen molar-refractivity contribution in [2.45, 2.75) is 19.8 Å². The van der Waals surface area contributed by atoms with E-state index in [-0.39, 0.29) is 18.3 Å². The van der Waals surface area contributed by atoms with Crippen LogP contribution in [0.15, 0.2) is 66.9 Å². The largest absolute Gasteiger partial charge is 0.473 e. The van der Waals surface area contributed by atoms with Crippen molar-refractivity contribution in [3.05, 3.63) is 94.2 Å². The second-order valence-electron chi connectivity index (χ2n) is 6.92. The molecule has 0 saturated carbocycles. The molecule has 0 fully saturated rings. The van der Waals surface area contributed by atoms with Crippen LogP contribution in [0.3, 0.4) is 0 Å². The lowest BCUT2D eigenvalue weighted by Crippen LogP contribution is -2.23. The van der Waals surface area contributed by atoms with Crippen molar-refractivity contribution in [1.29, 1.82) is 0 Å². The van der Waals surface area contributed by atoms with Gasteiger partial charge in [0, 0.05) is 41.6 Å². The molecule has 0 spiro atoms. The number of aromatic nitrogens is 1. The number of carbonyl (C=O) groups is 1. The molecular formula is C24H21FN2O3S. The number of carbonyl (C=O) groups excluding carboxylic acids is 1. The van der Waals surface area contributed by atoms with Gasteiger partial charge in [-0.1, -0.05) is 36.4 Å². The van der Waals surface area contributed by atoms with E-state index in [4.69, 9.17) is 9.47 Å². The molecule has 0 unspecified atom stereocenters. The van der Waals surface area contributed by atoms with Gasteiger partial charge in [-0.25, -0.2) is 9.37 Å². The van der Waals surface area contributed by atoms with Gasteiger partial charge in [0.05, 0.1) is 11.5 Å². The van der Waals surface area contributed by atoms with E-state index in [9.17, 15) is 9.18 Å². The number of nitrogens with zero attached hydrogens (tertiary/aromatic N) is 1. The molecule has 5 nitrogen and oxygen atoms in total. The summed E-state index contributed by atoms with van der Waals surface area (Å²) in [5.74, 6) is -0.134. The van der Waals surface area contributed by atoms with Crippen molar-refractivity contribution in [2.24, 2.45) is 0 Å². The van der Waals surface area contributed by atoms with E-state index in [0.29, 0.717) is 34.9 Å². The summed E-state index contributed by atoms with van der Waals surface area (Å²) in [6.07, 6.45) is 1.65. The summed E-state index contributed by atoms with van der Waals surface area (Å²) in [5, 5.41) is 3.35. The molecule has 0 atom stereocenters. The van der Waals surface area contributed by atoms with Crippen LogP contribution < -0.4 is 10.1 Å². The number of benzene rings is 2. The Labute approximate surface area is 183 Å². The summed E-state index contributed by atoms with van der Waals surface area (Å²) in [5.41, 5.74) is 2.47.